The summed E-state index contributed by atoms with van der Waals surface area (Å²) in [6.45, 7) is 1.60. The Morgan fingerprint density at radius 1 is 0.912 bits per heavy atom. The van der Waals surface area contributed by atoms with E-state index in [1.165, 1.54) is 49.6 Å². The van der Waals surface area contributed by atoms with Gasteiger partial charge in [0.2, 0.25) is 5.91 Å². The second kappa shape index (κ2) is 10.7. The summed E-state index contributed by atoms with van der Waals surface area (Å²) in [5.41, 5.74) is 1.87. The van der Waals surface area contributed by atoms with Crippen molar-refractivity contribution in [3.63, 3.8) is 0 Å². The van der Waals surface area contributed by atoms with Gasteiger partial charge in [0, 0.05) is 29.5 Å². The maximum Gasteiger partial charge on any atom is 0.264 e. The smallest absolute Gasteiger partial charge is 0.264 e. The summed E-state index contributed by atoms with van der Waals surface area (Å²) in [6.07, 6.45) is 3.61. The number of amides is 1. The third-order valence-electron chi connectivity index (χ3n) is 5.67. The van der Waals surface area contributed by atoms with Gasteiger partial charge in [-0.25, -0.2) is 8.42 Å². The van der Waals surface area contributed by atoms with Gasteiger partial charge in [-0.3, -0.25) is 9.10 Å². The van der Waals surface area contributed by atoms with Crippen molar-refractivity contribution in [2.24, 2.45) is 0 Å². The first-order valence-corrected chi connectivity index (χ1v) is 13.2. The maximum absolute atomic E-state index is 13.4. The summed E-state index contributed by atoms with van der Waals surface area (Å²) in [6, 6.07) is 20.0. The number of nitrogens with zero attached hydrogens (tertiary/aromatic N) is 2. The van der Waals surface area contributed by atoms with Crippen LogP contribution in [0.3, 0.4) is 0 Å². The van der Waals surface area contributed by atoms with E-state index in [1.54, 1.807) is 18.2 Å². The number of piperidine rings is 1. The fraction of sp³-hybridized carbons (Fsp3) is 0.240. The average Bonchev–Trinajstić information content (AvgIpc) is 2.84. The van der Waals surface area contributed by atoms with Gasteiger partial charge in [-0.05, 0) is 73.9 Å². The zero-order valence-corrected chi connectivity index (χ0v) is 20.8. The van der Waals surface area contributed by atoms with Crippen LogP contribution in [0.2, 0.25) is 10.0 Å². The highest BCUT2D eigenvalue weighted by Gasteiger charge is 2.28. The van der Waals surface area contributed by atoms with Gasteiger partial charge in [0.25, 0.3) is 10.0 Å². The molecule has 1 aliphatic rings. The van der Waals surface area contributed by atoms with Crippen LogP contribution >= 0.6 is 23.2 Å². The largest absolute Gasteiger partial charge is 0.372 e. The van der Waals surface area contributed by atoms with E-state index in [4.69, 9.17) is 23.2 Å². The molecular weight excluding hydrogens is 493 g/mol. The van der Waals surface area contributed by atoms with Gasteiger partial charge in [-0.2, -0.15) is 0 Å². The molecule has 0 aromatic heterocycles. The van der Waals surface area contributed by atoms with Crippen LogP contribution in [-0.2, 0) is 14.8 Å². The summed E-state index contributed by atoms with van der Waals surface area (Å²) in [4.78, 5) is 15.3. The lowest BCUT2D eigenvalue weighted by Gasteiger charge is -2.29. The second-order valence-corrected chi connectivity index (χ2v) is 10.8. The van der Waals surface area contributed by atoms with Crippen molar-refractivity contribution >= 4 is 56.2 Å². The summed E-state index contributed by atoms with van der Waals surface area (Å²) < 4.78 is 27.9. The van der Waals surface area contributed by atoms with E-state index in [0.717, 1.165) is 23.1 Å². The second-order valence-electron chi connectivity index (χ2n) is 8.06. The Bertz CT molecular complexity index is 1250. The van der Waals surface area contributed by atoms with Crippen molar-refractivity contribution in [2.75, 3.05) is 34.2 Å². The lowest BCUT2D eigenvalue weighted by molar-refractivity contribution is -0.114. The number of anilines is 3. The van der Waals surface area contributed by atoms with Crippen molar-refractivity contribution in [1.29, 1.82) is 0 Å². The first kappa shape index (κ1) is 24.4. The summed E-state index contributed by atoms with van der Waals surface area (Å²) in [5.74, 6) is -0.490. The van der Waals surface area contributed by atoms with E-state index in [2.05, 4.69) is 10.2 Å². The lowest BCUT2D eigenvalue weighted by atomic mass is 10.1. The SMILES string of the molecule is O=C(CN(c1ccc(Cl)cc1Cl)S(=O)(=O)c1ccccc1)Nc1ccc(N2CCCCC2)cc1. The number of nitrogens with one attached hydrogen (secondary N) is 1. The van der Waals surface area contributed by atoms with Crippen LogP contribution in [0, 0.1) is 0 Å². The molecule has 9 heteroatoms. The number of halogens is 2. The van der Waals surface area contributed by atoms with Crippen LogP contribution in [0.1, 0.15) is 19.3 Å². The van der Waals surface area contributed by atoms with Gasteiger partial charge >= 0.3 is 0 Å². The highest BCUT2D eigenvalue weighted by Crippen LogP contribution is 2.32. The van der Waals surface area contributed by atoms with Gasteiger partial charge in [0.15, 0.2) is 0 Å². The molecule has 0 saturated carbocycles. The van der Waals surface area contributed by atoms with Crippen molar-refractivity contribution in [3.8, 4) is 0 Å². The molecule has 1 heterocycles. The Hall–Kier alpha value is -2.74. The molecule has 4 rings (SSSR count). The molecule has 34 heavy (non-hydrogen) atoms. The predicted molar refractivity (Wildman–Crippen MR) is 139 cm³/mol. The van der Waals surface area contributed by atoms with Crippen molar-refractivity contribution in [3.05, 3.63) is 82.8 Å². The Morgan fingerprint density at radius 2 is 1.59 bits per heavy atom. The highest BCUT2D eigenvalue weighted by atomic mass is 35.5. The zero-order valence-electron chi connectivity index (χ0n) is 18.5. The summed E-state index contributed by atoms with van der Waals surface area (Å²) in [7, 11) is -4.06. The Balaban J connectivity index is 1.56. The minimum Gasteiger partial charge on any atom is -0.372 e. The van der Waals surface area contributed by atoms with Crippen molar-refractivity contribution in [1.82, 2.24) is 0 Å². The van der Waals surface area contributed by atoms with Crippen LogP contribution in [-0.4, -0.2) is 34.0 Å². The first-order chi connectivity index (χ1) is 16.3. The molecule has 1 N–H and O–H groups in total. The van der Waals surface area contributed by atoms with Gasteiger partial charge < -0.3 is 10.2 Å². The zero-order chi connectivity index (χ0) is 24.1. The molecule has 0 radical (unpaired) electrons. The molecule has 178 valence electrons. The normalized spacial score (nSPS) is 14.0. The minimum atomic E-state index is -4.06. The van der Waals surface area contributed by atoms with Gasteiger partial charge in [0.1, 0.15) is 6.54 Å². The van der Waals surface area contributed by atoms with Gasteiger partial charge in [-0.15, -0.1) is 0 Å². The third-order valence-corrected chi connectivity index (χ3v) is 7.98. The summed E-state index contributed by atoms with van der Waals surface area (Å²) in [5, 5.41) is 3.29. The topological polar surface area (TPSA) is 69.7 Å². The monoisotopic (exact) mass is 517 g/mol. The van der Waals surface area contributed by atoms with Crippen LogP contribution in [0.5, 0.6) is 0 Å². The van der Waals surface area contributed by atoms with Crippen LogP contribution in [0.4, 0.5) is 17.1 Å². The molecule has 1 fully saturated rings. The molecule has 0 unspecified atom stereocenters. The fourth-order valence-corrected chi connectivity index (χ4v) is 5.96. The number of hydrogen-bond acceptors (Lipinski definition) is 4. The van der Waals surface area contributed by atoms with E-state index in [1.807, 2.05) is 24.3 Å². The van der Waals surface area contributed by atoms with Gasteiger partial charge in [0.05, 0.1) is 15.6 Å². The lowest BCUT2D eigenvalue weighted by Crippen LogP contribution is -2.38. The molecule has 0 atom stereocenters. The van der Waals surface area contributed by atoms with Crippen LogP contribution in [0.15, 0.2) is 77.7 Å². The van der Waals surface area contributed by atoms with E-state index in [0.29, 0.717) is 10.7 Å². The number of rotatable bonds is 7. The molecule has 3 aromatic carbocycles. The Morgan fingerprint density at radius 3 is 2.24 bits per heavy atom. The molecule has 1 saturated heterocycles. The van der Waals surface area contributed by atoms with Crippen molar-refractivity contribution < 1.29 is 13.2 Å². The number of sulfonamides is 1. The third kappa shape index (κ3) is 5.66. The quantitative estimate of drug-likeness (QED) is 0.428. The van der Waals surface area contributed by atoms with Crippen LogP contribution in [0.25, 0.3) is 0 Å². The molecule has 1 aliphatic heterocycles. The minimum absolute atomic E-state index is 0.0553. The standard InChI is InChI=1S/C25H25Cl2N3O3S/c26-19-9-14-24(23(27)17-19)30(34(32,33)22-7-3-1-4-8-22)18-25(31)28-20-10-12-21(13-11-20)29-15-5-2-6-16-29/h1,3-4,7-14,17H,2,5-6,15-16,18H2,(H,28,31). The molecule has 1 amide bonds. The van der Waals surface area contributed by atoms with Crippen LogP contribution < -0.4 is 14.5 Å². The molecule has 6 nitrogen and oxygen atoms in total. The molecule has 0 bridgehead atoms. The van der Waals surface area contributed by atoms with Crippen molar-refractivity contribution in [2.45, 2.75) is 24.2 Å². The number of carbonyl (C=O) groups is 1. The van der Waals surface area contributed by atoms with E-state index in [-0.39, 0.29) is 15.6 Å². The van der Waals surface area contributed by atoms with E-state index >= 15 is 0 Å². The molecule has 3 aromatic rings. The maximum atomic E-state index is 13.4. The Labute approximate surface area is 210 Å². The number of carbonyl (C=O) groups excluding carboxylic acids is 1. The average molecular weight is 518 g/mol. The summed E-state index contributed by atoms with van der Waals surface area (Å²) >= 11 is 12.3. The highest BCUT2D eigenvalue weighted by molar-refractivity contribution is 7.92. The van der Waals surface area contributed by atoms with Gasteiger partial charge in [-0.1, -0.05) is 41.4 Å². The first-order valence-electron chi connectivity index (χ1n) is 11.0. The number of hydrogen-bond donors (Lipinski definition) is 1. The van der Waals surface area contributed by atoms with E-state index in [9.17, 15) is 13.2 Å². The fourth-order valence-electron chi connectivity index (χ4n) is 3.94. The van der Waals surface area contributed by atoms with E-state index < -0.39 is 22.5 Å². The molecule has 0 aliphatic carbocycles. The number of benzene rings is 3. The predicted octanol–water partition coefficient (Wildman–Crippen LogP) is 5.82. The Kier molecular flexibility index (Phi) is 7.66. The molecular formula is C25H25Cl2N3O3S. The molecule has 0 spiro atoms.